The van der Waals surface area contributed by atoms with Crippen LogP contribution in [0.5, 0.6) is 0 Å². The summed E-state index contributed by atoms with van der Waals surface area (Å²) >= 11 is 2.94. The molecule has 1 aromatic carbocycles. The monoisotopic (exact) mass is 439 g/mol. The van der Waals surface area contributed by atoms with Crippen molar-refractivity contribution in [1.82, 2.24) is 14.9 Å². The number of thiophene rings is 1. The SMILES string of the molecule is C=CCn1c(SCC(=O)NCc2ccccc2)nc2sc3c(c2c1=O)CC[C@@H](C)C3. The topological polar surface area (TPSA) is 64.0 Å². The molecule has 4 rings (SSSR count). The van der Waals surface area contributed by atoms with E-state index in [1.54, 1.807) is 22.0 Å². The molecule has 5 nitrogen and oxygen atoms in total. The maximum atomic E-state index is 13.3. The standard InChI is InChI=1S/C23H25N3O2S2/c1-3-11-26-22(28)20-17-10-9-15(2)12-18(17)30-21(20)25-23(26)29-14-19(27)24-13-16-7-5-4-6-8-16/h3-8,15H,1,9-14H2,2H3,(H,24,27)/t15-/m1/s1. The maximum absolute atomic E-state index is 13.3. The van der Waals surface area contributed by atoms with E-state index >= 15 is 0 Å². The van der Waals surface area contributed by atoms with Gasteiger partial charge in [0, 0.05) is 18.0 Å². The zero-order chi connectivity index (χ0) is 21.1. The Labute approximate surface area is 184 Å². The molecule has 2 aromatic heterocycles. The van der Waals surface area contributed by atoms with Crippen LogP contribution in [0, 0.1) is 5.92 Å². The predicted molar refractivity (Wildman–Crippen MR) is 124 cm³/mol. The summed E-state index contributed by atoms with van der Waals surface area (Å²) in [6.45, 7) is 6.92. The first-order valence-corrected chi connectivity index (χ1v) is 12.0. The fourth-order valence-corrected chi connectivity index (χ4v) is 6.05. The lowest BCUT2D eigenvalue weighted by molar-refractivity contribution is -0.118. The van der Waals surface area contributed by atoms with Crippen LogP contribution in [0.1, 0.15) is 29.3 Å². The third-order valence-electron chi connectivity index (χ3n) is 5.36. The van der Waals surface area contributed by atoms with Gasteiger partial charge in [-0.1, -0.05) is 55.1 Å². The second kappa shape index (κ2) is 9.18. The van der Waals surface area contributed by atoms with Crippen molar-refractivity contribution >= 4 is 39.2 Å². The van der Waals surface area contributed by atoms with Crippen LogP contribution in [0.3, 0.4) is 0 Å². The first-order valence-electron chi connectivity index (χ1n) is 10.2. The molecule has 0 fully saturated rings. The van der Waals surface area contributed by atoms with Gasteiger partial charge in [-0.2, -0.15) is 0 Å². The van der Waals surface area contributed by atoms with Crippen LogP contribution in [0.25, 0.3) is 10.2 Å². The maximum Gasteiger partial charge on any atom is 0.263 e. The summed E-state index contributed by atoms with van der Waals surface area (Å²) in [6.07, 6.45) is 4.77. The van der Waals surface area contributed by atoms with E-state index in [0.717, 1.165) is 35.0 Å². The number of nitrogens with one attached hydrogen (secondary N) is 1. The van der Waals surface area contributed by atoms with E-state index in [0.29, 0.717) is 24.2 Å². The van der Waals surface area contributed by atoms with Crippen molar-refractivity contribution in [2.45, 2.75) is 44.4 Å². The average molecular weight is 440 g/mol. The number of hydrogen-bond acceptors (Lipinski definition) is 5. The van der Waals surface area contributed by atoms with E-state index in [2.05, 4.69) is 18.8 Å². The minimum absolute atomic E-state index is 0.0147. The lowest BCUT2D eigenvalue weighted by Crippen LogP contribution is -2.26. The van der Waals surface area contributed by atoms with Crippen LogP contribution in [-0.2, 0) is 30.7 Å². The van der Waals surface area contributed by atoms with Gasteiger partial charge in [-0.25, -0.2) is 4.98 Å². The van der Waals surface area contributed by atoms with Gasteiger partial charge in [-0.15, -0.1) is 17.9 Å². The number of thioether (sulfide) groups is 1. The predicted octanol–water partition coefficient (Wildman–Crippen LogP) is 4.18. The number of rotatable bonds is 7. The fourth-order valence-electron chi connectivity index (χ4n) is 3.78. The number of fused-ring (bicyclic) bond motifs is 3. The summed E-state index contributed by atoms with van der Waals surface area (Å²) in [5.74, 6) is 0.773. The molecule has 156 valence electrons. The van der Waals surface area contributed by atoms with E-state index < -0.39 is 0 Å². The van der Waals surface area contributed by atoms with Crippen molar-refractivity contribution in [2.75, 3.05) is 5.75 Å². The number of amides is 1. The third kappa shape index (κ3) is 4.37. The van der Waals surface area contributed by atoms with E-state index in [4.69, 9.17) is 4.98 Å². The Morgan fingerprint density at radius 2 is 2.20 bits per heavy atom. The molecular formula is C23H25N3O2S2. The fraction of sp³-hybridized carbons (Fsp3) is 0.348. The van der Waals surface area contributed by atoms with E-state index in [1.165, 1.54) is 22.2 Å². The third-order valence-corrected chi connectivity index (χ3v) is 7.48. The second-order valence-corrected chi connectivity index (χ2v) is 9.71. The number of hydrogen-bond donors (Lipinski definition) is 1. The zero-order valence-corrected chi connectivity index (χ0v) is 18.7. The van der Waals surface area contributed by atoms with Crippen molar-refractivity contribution in [3.05, 3.63) is 69.3 Å². The minimum atomic E-state index is -0.0809. The van der Waals surface area contributed by atoms with Gasteiger partial charge >= 0.3 is 0 Å². The van der Waals surface area contributed by atoms with Crippen LogP contribution in [0.4, 0.5) is 0 Å². The summed E-state index contributed by atoms with van der Waals surface area (Å²) in [4.78, 5) is 32.5. The molecular weight excluding hydrogens is 414 g/mol. The number of carbonyl (C=O) groups excluding carboxylic acids is 1. The molecule has 1 aliphatic carbocycles. The number of aryl methyl sites for hydroxylation is 1. The zero-order valence-electron chi connectivity index (χ0n) is 17.0. The summed E-state index contributed by atoms with van der Waals surface area (Å²) in [7, 11) is 0. The van der Waals surface area contributed by atoms with Crippen LogP contribution in [0.15, 0.2) is 52.9 Å². The Balaban J connectivity index is 1.55. The van der Waals surface area contributed by atoms with Crippen molar-refractivity contribution in [3.63, 3.8) is 0 Å². The number of nitrogens with zero attached hydrogens (tertiary/aromatic N) is 2. The van der Waals surface area contributed by atoms with Crippen LogP contribution in [0.2, 0.25) is 0 Å². The molecule has 0 unspecified atom stereocenters. The Hall–Kier alpha value is -2.38. The molecule has 0 bridgehead atoms. The molecule has 3 aromatic rings. The van der Waals surface area contributed by atoms with E-state index in [-0.39, 0.29) is 17.2 Å². The average Bonchev–Trinajstić information content (AvgIpc) is 3.11. The largest absolute Gasteiger partial charge is 0.351 e. The second-order valence-electron chi connectivity index (χ2n) is 7.68. The molecule has 0 saturated carbocycles. The Bertz CT molecular complexity index is 1130. The van der Waals surface area contributed by atoms with Crippen LogP contribution < -0.4 is 10.9 Å². The summed E-state index contributed by atoms with van der Waals surface area (Å²) in [5, 5.41) is 4.27. The van der Waals surface area contributed by atoms with Gasteiger partial charge in [-0.3, -0.25) is 14.2 Å². The summed E-state index contributed by atoms with van der Waals surface area (Å²) in [6, 6.07) is 9.80. The molecule has 1 amide bonds. The van der Waals surface area contributed by atoms with Crippen LogP contribution >= 0.6 is 23.1 Å². The molecule has 0 saturated heterocycles. The van der Waals surface area contributed by atoms with Gasteiger partial charge in [0.05, 0.1) is 11.1 Å². The highest BCUT2D eigenvalue weighted by Gasteiger charge is 2.24. The van der Waals surface area contributed by atoms with E-state index in [9.17, 15) is 9.59 Å². The molecule has 1 N–H and O–H groups in total. The lowest BCUT2D eigenvalue weighted by Gasteiger charge is -2.17. The number of aromatic nitrogens is 2. The first kappa shape index (κ1) is 20.9. The molecule has 0 radical (unpaired) electrons. The Morgan fingerprint density at radius 3 is 2.97 bits per heavy atom. The molecule has 1 aliphatic rings. The highest BCUT2D eigenvalue weighted by molar-refractivity contribution is 7.99. The highest BCUT2D eigenvalue weighted by Crippen LogP contribution is 2.36. The number of carbonyl (C=O) groups is 1. The van der Waals surface area contributed by atoms with Gasteiger partial charge in [-0.05, 0) is 36.3 Å². The minimum Gasteiger partial charge on any atom is -0.351 e. The molecule has 1 atom stereocenters. The van der Waals surface area contributed by atoms with Crippen LogP contribution in [-0.4, -0.2) is 21.2 Å². The van der Waals surface area contributed by atoms with E-state index in [1.807, 2.05) is 30.3 Å². The van der Waals surface area contributed by atoms with Gasteiger partial charge in [0.25, 0.3) is 5.56 Å². The first-order chi connectivity index (χ1) is 14.6. The lowest BCUT2D eigenvalue weighted by atomic mass is 9.89. The Kier molecular flexibility index (Phi) is 6.39. The normalized spacial score (nSPS) is 15.7. The van der Waals surface area contributed by atoms with Gasteiger partial charge in [0.15, 0.2) is 5.16 Å². The molecule has 0 aliphatic heterocycles. The summed E-state index contributed by atoms with van der Waals surface area (Å²) in [5.41, 5.74) is 2.22. The number of allylic oxidation sites excluding steroid dienone is 1. The quantitative estimate of drug-likeness (QED) is 0.341. The van der Waals surface area contributed by atoms with Crippen molar-refractivity contribution in [2.24, 2.45) is 5.92 Å². The van der Waals surface area contributed by atoms with Crippen molar-refractivity contribution < 1.29 is 4.79 Å². The molecule has 30 heavy (non-hydrogen) atoms. The molecule has 0 spiro atoms. The van der Waals surface area contributed by atoms with Gasteiger partial charge in [0.1, 0.15) is 4.83 Å². The Morgan fingerprint density at radius 1 is 1.40 bits per heavy atom. The molecule has 2 heterocycles. The van der Waals surface area contributed by atoms with Gasteiger partial charge < -0.3 is 5.32 Å². The van der Waals surface area contributed by atoms with Crippen molar-refractivity contribution in [3.8, 4) is 0 Å². The summed E-state index contributed by atoms with van der Waals surface area (Å²) < 4.78 is 1.65. The smallest absolute Gasteiger partial charge is 0.263 e. The van der Waals surface area contributed by atoms with Crippen molar-refractivity contribution in [1.29, 1.82) is 0 Å². The highest BCUT2D eigenvalue weighted by atomic mass is 32.2. The van der Waals surface area contributed by atoms with Gasteiger partial charge in [0.2, 0.25) is 5.91 Å². The molecule has 7 heteroatoms. The number of benzene rings is 1.